The quantitative estimate of drug-likeness (QED) is 0.287. The summed E-state index contributed by atoms with van der Waals surface area (Å²) < 4.78 is 1.79. The molecular formula is C32H37Cl2N3O. The first-order chi connectivity index (χ1) is 18.4. The number of carbonyl (C=O) groups is 1. The van der Waals surface area contributed by atoms with Gasteiger partial charge in [-0.1, -0.05) is 54.4 Å². The van der Waals surface area contributed by atoms with E-state index in [2.05, 4.69) is 36.5 Å². The van der Waals surface area contributed by atoms with Crippen LogP contribution in [0.1, 0.15) is 73.5 Å². The number of aryl methyl sites for hydroxylation is 1. The van der Waals surface area contributed by atoms with Gasteiger partial charge in [0.15, 0.2) is 5.69 Å². The number of rotatable bonds is 8. The molecule has 1 N–H and O–H groups in total. The van der Waals surface area contributed by atoms with Gasteiger partial charge in [-0.2, -0.15) is 5.10 Å². The minimum Gasteiger partial charge on any atom is -0.351 e. The number of amides is 1. The molecule has 200 valence electrons. The molecule has 0 radical (unpaired) electrons. The summed E-state index contributed by atoms with van der Waals surface area (Å²) >= 11 is 12.8. The first-order valence-corrected chi connectivity index (χ1v) is 15.1. The van der Waals surface area contributed by atoms with Gasteiger partial charge in [0.05, 0.1) is 16.4 Å². The van der Waals surface area contributed by atoms with Crippen LogP contribution in [0, 0.1) is 36.5 Å². The van der Waals surface area contributed by atoms with Gasteiger partial charge >= 0.3 is 0 Å². The monoisotopic (exact) mass is 549 g/mol. The Balaban J connectivity index is 1.20. The van der Waals surface area contributed by atoms with E-state index < -0.39 is 0 Å². The second-order valence-electron chi connectivity index (χ2n) is 11.9. The van der Waals surface area contributed by atoms with E-state index in [0.717, 1.165) is 59.3 Å². The maximum Gasteiger partial charge on any atom is 0.272 e. The molecule has 6 heteroatoms. The molecule has 0 saturated heterocycles. The molecule has 4 aliphatic carbocycles. The number of hydrogen-bond donors (Lipinski definition) is 1. The summed E-state index contributed by atoms with van der Waals surface area (Å²) in [5.41, 5.74) is 5.13. The highest BCUT2D eigenvalue weighted by atomic mass is 35.5. The van der Waals surface area contributed by atoms with Crippen molar-refractivity contribution in [3.05, 3.63) is 69.3 Å². The first-order valence-electron chi connectivity index (χ1n) is 14.3. The largest absolute Gasteiger partial charge is 0.351 e. The Morgan fingerprint density at radius 3 is 2.32 bits per heavy atom. The van der Waals surface area contributed by atoms with Crippen molar-refractivity contribution in [2.45, 2.75) is 65.2 Å². The number of nitrogens with zero attached hydrogens (tertiary/aromatic N) is 2. The van der Waals surface area contributed by atoms with Crippen molar-refractivity contribution in [3.63, 3.8) is 0 Å². The number of nitrogens with one attached hydrogen (secondary N) is 1. The average molecular weight is 551 g/mol. The van der Waals surface area contributed by atoms with E-state index in [1.807, 2.05) is 13.0 Å². The molecule has 4 aliphatic rings. The lowest BCUT2D eigenvalue weighted by Gasteiger charge is -2.54. The molecule has 1 amide bonds. The molecule has 1 aromatic heterocycles. The molecule has 4 nitrogen and oxygen atoms in total. The molecule has 0 unspecified atom stereocenters. The van der Waals surface area contributed by atoms with Crippen molar-refractivity contribution in [2.75, 3.05) is 6.54 Å². The Bertz CT molecular complexity index is 1300. The fourth-order valence-electron chi connectivity index (χ4n) is 7.91. The Kier molecular flexibility index (Phi) is 7.30. The van der Waals surface area contributed by atoms with Crippen LogP contribution in [0.15, 0.2) is 42.5 Å². The van der Waals surface area contributed by atoms with Crippen molar-refractivity contribution < 1.29 is 4.79 Å². The average Bonchev–Trinajstić information content (AvgIpc) is 3.24. The highest BCUT2D eigenvalue weighted by Gasteiger charge is 2.47. The summed E-state index contributed by atoms with van der Waals surface area (Å²) in [5.74, 6) is 4.63. The number of aromatic nitrogens is 2. The van der Waals surface area contributed by atoms with Crippen LogP contribution in [0.2, 0.25) is 10.0 Å². The van der Waals surface area contributed by atoms with Crippen molar-refractivity contribution in [1.82, 2.24) is 15.1 Å². The summed E-state index contributed by atoms with van der Waals surface area (Å²) in [6.45, 7) is 4.81. The predicted octanol–water partition coefficient (Wildman–Crippen LogP) is 8.30. The minimum atomic E-state index is -0.122. The molecule has 3 aromatic rings. The Morgan fingerprint density at radius 1 is 1.00 bits per heavy atom. The van der Waals surface area contributed by atoms with Gasteiger partial charge in [-0.15, -0.1) is 0 Å². The van der Waals surface area contributed by atoms with Gasteiger partial charge in [-0.25, -0.2) is 4.68 Å². The van der Waals surface area contributed by atoms with Crippen LogP contribution in [0.5, 0.6) is 0 Å². The first kappa shape index (κ1) is 26.0. The topological polar surface area (TPSA) is 46.9 Å². The maximum absolute atomic E-state index is 13.4. The van der Waals surface area contributed by atoms with Crippen LogP contribution in [-0.4, -0.2) is 22.2 Å². The van der Waals surface area contributed by atoms with Crippen LogP contribution in [0.3, 0.4) is 0 Å². The summed E-state index contributed by atoms with van der Waals surface area (Å²) in [4.78, 5) is 13.4. The lowest BCUT2D eigenvalue weighted by Crippen LogP contribution is -2.45. The molecule has 0 atom stereocenters. The SMILES string of the molecule is CCc1ccc(-c2c(C)c(C(=O)NCCCC3C4CC5CC(C4)CC3C5)nn2-c2ccc(Cl)cc2Cl)cc1. The summed E-state index contributed by atoms with van der Waals surface area (Å²) in [5, 5.41) is 9.03. The number of carbonyl (C=O) groups excluding carboxylic acids is 1. The van der Waals surface area contributed by atoms with Gasteiger partial charge < -0.3 is 5.32 Å². The third-order valence-corrected chi connectivity index (χ3v) is 10.1. The minimum absolute atomic E-state index is 0.122. The van der Waals surface area contributed by atoms with Crippen LogP contribution in [0.25, 0.3) is 16.9 Å². The van der Waals surface area contributed by atoms with Crippen molar-refractivity contribution in [1.29, 1.82) is 0 Å². The Labute approximate surface area is 236 Å². The Hall–Kier alpha value is -2.30. The normalized spacial score (nSPS) is 25.6. The highest BCUT2D eigenvalue weighted by molar-refractivity contribution is 6.35. The van der Waals surface area contributed by atoms with E-state index in [0.29, 0.717) is 28.0 Å². The molecular weight excluding hydrogens is 513 g/mol. The zero-order valence-corrected chi connectivity index (χ0v) is 23.9. The zero-order chi connectivity index (χ0) is 26.4. The second-order valence-corrected chi connectivity index (χ2v) is 12.7. The lowest BCUT2D eigenvalue weighted by atomic mass is 9.51. The van der Waals surface area contributed by atoms with Crippen molar-refractivity contribution in [2.24, 2.45) is 29.6 Å². The van der Waals surface area contributed by atoms with E-state index in [1.165, 1.54) is 44.1 Å². The smallest absolute Gasteiger partial charge is 0.272 e. The molecule has 7 rings (SSSR count). The number of hydrogen-bond acceptors (Lipinski definition) is 2. The van der Waals surface area contributed by atoms with Crippen molar-refractivity contribution >= 4 is 29.1 Å². The predicted molar refractivity (Wildman–Crippen MR) is 155 cm³/mol. The van der Waals surface area contributed by atoms with E-state index in [-0.39, 0.29) is 5.91 Å². The highest BCUT2D eigenvalue weighted by Crippen LogP contribution is 2.57. The molecule has 38 heavy (non-hydrogen) atoms. The molecule has 2 aromatic carbocycles. The third-order valence-electron chi connectivity index (χ3n) is 9.53. The van der Waals surface area contributed by atoms with Gasteiger partial charge in [-0.3, -0.25) is 4.79 Å². The van der Waals surface area contributed by atoms with Crippen LogP contribution in [0.4, 0.5) is 0 Å². The van der Waals surface area contributed by atoms with Gasteiger partial charge in [0.25, 0.3) is 5.91 Å². The number of benzene rings is 2. The van der Waals surface area contributed by atoms with E-state index in [4.69, 9.17) is 28.3 Å². The van der Waals surface area contributed by atoms with E-state index in [1.54, 1.807) is 16.8 Å². The number of halogens is 2. The van der Waals surface area contributed by atoms with Gasteiger partial charge in [0.1, 0.15) is 0 Å². The molecule has 4 bridgehead atoms. The van der Waals surface area contributed by atoms with Crippen LogP contribution < -0.4 is 5.32 Å². The Morgan fingerprint density at radius 2 is 1.68 bits per heavy atom. The molecule has 1 heterocycles. The van der Waals surface area contributed by atoms with Crippen molar-refractivity contribution in [3.8, 4) is 16.9 Å². The fourth-order valence-corrected chi connectivity index (χ4v) is 8.40. The fraction of sp³-hybridized carbons (Fsp3) is 0.500. The third kappa shape index (κ3) is 4.91. The summed E-state index contributed by atoms with van der Waals surface area (Å²) in [6.07, 6.45) is 10.6. The van der Waals surface area contributed by atoms with Gasteiger partial charge in [-0.05, 0) is 112 Å². The second kappa shape index (κ2) is 10.7. The molecule has 4 fully saturated rings. The zero-order valence-electron chi connectivity index (χ0n) is 22.4. The molecule has 4 saturated carbocycles. The lowest BCUT2D eigenvalue weighted by molar-refractivity contribution is -0.0401. The van der Waals surface area contributed by atoms with E-state index in [9.17, 15) is 4.79 Å². The summed E-state index contributed by atoms with van der Waals surface area (Å²) in [6, 6.07) is 13.8. The van der Waals surface area contributed by atoms with Gasteiger partial charge in [0, 0.05) is 22.7 Å². The van der Waals surface area contributed by atoms with Crippen LogP contribution >= 0.6 is 23.2 Å². The molecule has 0 aliphatic heterocycles. The van der Waals surface area contributed by atoms with Gasteiger partial charge in [0.2, 0.25) is 0 Å². The van der Waals surface area contributed by atoms with Crippen LogP contribution in [-0.2, 0) is 6.42 Å². The molecule has 0 spiro atoms. The summed E-state index contributed by atoms with van der Waals surface area (Å²) in [7, 11) is 0. The van der Waals surface area contributed by atoms with E-state index >= 15 is 0 Å². The standard InChI is InChI=1S/C32H37Cl2N3O/c1-3-20-6-8-23(9-7-20)31-19(2)30(36-37(31)29-11-10-26(33)18-28(29)34)32(38)35-12-4-5-27-24-14-21-13-22(16-24)17-25(27)15-21/h6-11,18,21-22,24-25,27H,3-5,12-17H2,1-2H3,(H,35,38). The maximum atomic E-state index is 13.4.